The Bertz CT molecular complexity index is 1270. The number of pyridine rings is 1. The topological polar surface area (TPSA) is 101 Å². The highest BCUT2D eigenvalue weighted by Crippen LogP contribution is 2.44. The van der Waals surface area contributed by atoms with Crippen molar-refractivity contribution in [2.75, 3.05) is 0 Å². The molecule has 0 bridgehead atoms. The van der Waals surface area contributed by atoms with Gasteiger partial charge in [0.1, 0.15) is 5.66 Å². The van der Waals surface area contributed by atoms with Gasteiger partial charge in [-0.2, -0.15) is 0 Å². The molecule has 1 saturated carbocycles. The van der Waals surface area contributed by atoms with E-state index < -0.39 is 17.8 Å². The molecule has 6 rings (SSSR count). The van der Waals surface area contributed by atoms with Crippen LogP contribution in [-0.2, 0) is 12.1 Å². The van der Waals surface area contributed by atoms with Crippen molar-refractivity contribution < 1.29 is 9.90 Å². The number of benzene rings is 2. The summed E-state index contributed by atoms with van der Waals surface area (Å²) in [7, 11) is 0. The van der Waals surface area contributed by atoms with Crippen LogP contribution in [0.1, 0.15) is 47.3 Å². The molecule has 6 heteroatoms. The van der Waals surface area contributed by atoms with Crippen molar-refractivity contribution in [3.05, 3.63) is 71.4 Å². The highest BCUT2D eigenvalue weighted by Gasteiger charge is 2.50. The summed E-state index contributed by atoms with van der Waals surface area (Å²) >= 11 is 0. The predicted octanol–water partition coefficient (Wildman–Crippen LogP) is 3.38. The molecule has 2 heterocycles. The van der Waals surface area contributed by atoms with Crippen LogP contribution in [0.2, 0.25) is 0 Å². The highest BCUT2D eigenvalue weighted by molar-refractivity contribution is 6.04. The number of hydrogen-bond donors (Lipinski definition) is 3. The molecule has 2 aromatic carbocycles. The molecule has 0 saturated heterocycles. The summed E-state index contributed by atoms with van der Waals surface area (Å²) < 4.78 is 0. The minimum atomic E-state index is -1.06. The first-order valence-corrected chi connectivity index (χ1v) is 11.4. The van der Waals surface area contributed by atoms with E-state index in [0.29, 0.717) is 24.8 Å². The fourth-order valence-corrected chi connectivity index (χ4v) is 5.72. The first kappa shape index (κ1) is 19.7. The van der Waals surface area contributed by atoms with Crippen molar-refractivity contribution in [3.63, 3.8) is 0 Å². The van der Waals surface area contributed by atoms with E-state index in [1.807, 2.05) is 54.6 Å². The lowest BCUT2D eigenvalue weighted by molar-refractivity contribution is 0.0514. The number of ketones is 1. The van der Waals surface area contributed by atoms with Gasteiger partial charge in [0, 0.05) is 22.2 Å². The number of fused-ring (bicyclic) bond motifs is 4. The quantitative estimate of drug-likeness (QED) is 0.546. The standard InChI is InChI=1S/C26H26N4O2/c27-26(17-7-2-4-9-20(17)29-21-10-5-11-23(31)24(21)26)30-22-13-12-19-16(25(22)32)14-15-6-1-3-8-18(15)28-19/h1-4,6-9,14,22-24,30-31H,5,10-13,27H2. The van der Waals surface area contributed by atoms with E-state index in [2.05, 4.69) is 5.32 Å². The SMILES string of the molecule is NC1(NC2CCc3nc4ccccc4cc3C2=O)c2ccccc2N=C2CCCC(O)C21. The number of aliphatic imine (C=N–C) groups is 1. The van der Waals surface area contributed by atoms with E-state index in [-0.39, 0.29) is 11.7 Å². The Kier molecular flexibility index (Phi) is 4.50. The van der Waals surface area contributed by atoms with E-state index >= 15 is 0 Å². The third kappa shape index (κ3) is 2.94. The van der Waals surface area contributed by atoms with Gasteiger partial charge in [0.15, 0.2) is 5.78 Å². The van der Waals surface area contributed by atoms with Gasteiger partial charge in [0.2, 0.25) is 0 Å². The molecule has 0 amide bonds. The summed E-state index contributed by atoms with van der Waals surface area (Å²) in [6, 6.07) is 17.2. The van der Waals surface area contributed by atoms with Crippen LogP contribution in [-0.4, -0.2) is 33.7 Å². The van der Waals surface area contributed by atoms with Crippen LogP contribution in [0.15, 0.2) is 59.6 Å². The van der Waals surface area contributed by atoms with Crippen LogP contribution in [0.25, 0.3) is 10.9 Å². The van der Waals surface area contributed by atoms with E-state index in [1.54, 1.807) is 0 Å². The summed E-state index contributed by atoms with van der Waals surface area (Å²) in [6.07, 6.45) is 3.12. The number of carbonyl (C=O) groups is 1. The van der Waals surface area contributed by atoms with Crippen LogP contribution >= 0.6 is 0 Å². The molecule has 6 nitrogen and oxygen atoms in total. The maximum atomic E-state index is 13.6. The molecule has 3 aromatic rings. The fourth-order valence-electron chi connectivity index (χ4n) is 5.72. The second kappa shape index (κ2) is 7.30. The van der Waals surface area contributed by atoms with Crippen molar-refractivity contribution in [1.29, 1.82) is 0 Å². The zero-order valence-corrected chi connectivity index (χ0v) is 17.8. The number of nitrogens with zero attached hydrogens (tertiary/aromatic N) is 2. The number of para-hydroxylation sites is 2. The normalized spacial score (nSPS) is 29.1. The smallest absolute Gasteiger partial charge is 0.181 e. The first-order valence-electron chi connectivity index (χ1n) is 11.4. The van der Waals surface area contributed by atoms with Gasteiger partial charge in [-0.15, -0.1) is 0 Å². The third-order valence-electron chi connectivity index (χ3n) is 7.25. The number of aliphatic hydroxyl groups excluding tert-OH is 1. The lowest BCUT2D eigenvalue weighted by Gasteiger charge is -2.48. The van der Waals surface area contributed by atoms with E-state index in [0.717, 1.165) is 46.4 Å². The molecule has 0 spiro atoms. The molecule has 32 heavy (non-hydrogen) atoms. The Hall–Kier alpha value is -2.93. The number of nitrogens with two attached hydrogens (primary N) is 1. The number of aryl methyl sites for hydroxylation is 1. The minimum Gasteiger partial charge on any atom is -0.392 e. The Morgan fingerprint density at radius 3 is 2.78 bits per heavy atom. The molecule has 4 N–H and O–H groups in total. The second-order valence-corrected chi connectivity index (χ2v) is 9.20. The molecule has 4 atom stereocenters. The average molecular weight is 427 g/mol. The molecule has 2 aliphatic carbocycles. The van der Waals surface area contributed by atoms with Crippen molar-refractivity contribution in [3.8, 4) is 0 Å². The van der Waals surface area contributed by atoms with Crippen molar-refractivity contribution in [2.45, 2.75) is 49.9 Å². The number of Topliss-reactive ketones (excluding diaryl/α,β-unsaturated/α-hetero) is 1. The number of nitrogens with one attached hydrogen (secondary N) is 1. The first-order chi connectivity index (χ1) is 15.5. The average Bonchev–Trinajstić information content (AvgIpc) is 2.80. The molecular formula is C26H26N4O2. The number of aliphatic hydroxyl groups is 1. The van der Waals surface area contributed by atoms with Gasteiger partial charge < -0.3 is 10.8 Å². The van der Waals surface area contributed by atoms with Crippen molar-refractivity contribution in [1.82, 2.24) is 10.3 Å². The second-order valence-electron chi connectivity index (χ2n) is 9.20. The monoisotopic (exact) mass is 426 g/mol. The molecule has 1 fully saturated rings. The van der Waals surface area contributed by atoms with Gasteiger partial charge in [-0.05, 0) is 50.3 Å². The number of carbonyl (C=O) groups excluding carboxylic acids is 1. The van der Waals surface area contributed by atoms with Crippen LogP contribution in [0.5, 0.6) is 0 Å². The lowest BCUT2D eigenvalue weighted by Crippen LogP contribution is -2.66. The number of hydrogen-bond acceptors (Lipinski definition) is 6. The number of rotatable bonds is 2. The fraction of sp³-hybridized carbons (Fsp3) is 0.346. The molecule has 1 aromatic heterocycles. The Labute approximate surface area is 186 Å². The summed E-state index contributed by atoms with van der Waals surface area (Å²) in [5.41, 5.74) is 11.0. The van der Waals surface area contributed by atoms with Gasteiger partial charge >= 0.3 is 0 Å². The largest absolute Gasteiger partial charge is 0.392 e. The van der Waals surface area contributed by atoms with Gasteiger partial charge in [0.25, 0.3) is 0 Å². The zero-order chi connectivity index (χ0) is 21.9. The van der Waals surface area contributed by atoms with Gasteiger partial charge in [-0.1, -0.05) is 36.4 Å². The highest BCUT2D eigenvalue weighted by atomic mass is 16.3. The molecule has 4 unspecified atom stereocenters. The molecule has 3 aliphatic rings. The van der Waals surface area contributed by atoms with Crippen LogP contribution < -0.4 is 11.1 Å². The summed E-state index contributed by atoms with van der Waals surface area (Å²) in [4.78, 5) is 23.2. The Morgan fingerprint density at radius 2 is 1.88 bits per heavy atom. The van der Waals surface area contributed by atoms with Gasteiger partial charge in [-0.3, -0.25) is 20.1 Å². The van der Waals surface area contributed by atoms with Crippen LogP contribution in [0, 0.1) is 5.92 Å². The summed E-state index contributed by atoms with van der Waals surface area (Å²) in [5, 5.41) is 15.4. The zero-order valence-electron chi connectivity index (χ0n) is 17.8. The van der Waals surface area contributed by atoms with Crippen molar-refractivity contribution >= 4 is 28.1 Å². The van der Waals surface area contributed by atoms with Gasteiger partial charge in [-0.25, -0.2) is 0 Å². The lowest BCUT2D eigenvalue weighted by atomic mass is 9.70. The predicted molar refractivity (Wildman–Crippen MR) is 124 cm³/mol. The Balaban J connectivity index is 1.40. The van der Waals surface area contributed by atoms with Crippen LogP contribution in [0.3, 0.4) is 0 Å². The number of aromatic nitrogens is 1. The summed E-state index contributed by atoms with van der Waals surface area (Å²) in [5.74, 6) is -0.337. The maximum Gasteiger partial charge on any atom is 0.181 e. The van der Waals surface area contributed by atoms with Crippen molar-refractivity contribution in [2.24, 2.45) is 16.6 Å². The van der Waals surface area contributed by atoms with E-state index in [4.69, 9.17) is 15.7 Å². The van der Waals surface area contributed by atoms with Crippen LogP contribution in [0.4, 0.5) is 5.69 Å². The Morgan fingerprint density at radius 1 is 1.06 bits per heavy atom. The van der Waals surface area contributed by atoms with E-state index in [1.165, 1.54) is 0 Å². The third-order valence-corrected chi connectivity index (χ3v) is 7.25. The maximum absolute atomic E-state index is 13.6. The van der Waals surface area contributed by atoms with Gasteiger partial charge in [0.05, 0.1) is 35.0 Å². The molecular weight excluding hydrogens is 400 g/mol. The molecule has 162 valence electrons. The van der Waals surface area contributed by atoms with E-state index in [9.17, 15) is 9.90 Å². The molecule has 1 aliphatic heterocycles. The summed E-state index contributed by atoms with van der Waals surface area (Å²) in [6.45, 7) is 0. The minimum absolute atomic E-state index is 0.0150. The molecule has 0 radical (unpaired) electrons.